The number of benzene rings is 3. The molecule has 1 aliphatic heterocycles. The number of rotatable bonds is 14. The summed E-state index contributed by atoms with van der Waals surface area (Å²) in [6.45, 7) is 8.20. The number of carboxylic acids is 1. The molecule has 0 spiro atoms. The summed E-state index contributed by atoms with van der Waals surface area (Å²) in [5.74, 6) is -0.722. The Morgan fingerprint density at radius 2 is 1.78 bits per heavy atom. The number of methoxy groups -OCH3 is 1. The fraction of sp³-hybridized carbons (Fsp3) is 0.512. The van der Waals surface area contributed by atoms with Gasteiger partial charge in [-0.2, -0.15) is 5.06 Å². The quantitative estimate of drug-likeness (QED) is 0.158. The van der Waals surface area contributed by atoms with Gasteiger partial charge in [0.25, 0.3) is 5.91 Å². The molecule has 12 heteroatoms. The zero-order valence-electron chi connectivity index (χ0n) is 32.9. The number of amides is 2. The van der Waals surface area contributed by atoms with Crippen LogP contribution in [-0.4, -0.2) is 96.3 Å². The van der Waals surface area contributed by atoms with E-state index in [2.05, 4.69) is 31.4 Å². The summed E-state index contributed by atoms with van der Waals surface area (Å²) in [7, 11) is 5.26. The van der Waals surface area contributed by atoms with E-state index in [1.54, 1.807) is 31.2 Å². The molecule has 9 atom stereocenters. The standard InChI is InChI=1S/C43H56N4O8/c1-24-33-20-30(43(33,3)4)21-34(24)44-41(51)38-37(25(2)49)36(23-48)55-47(38)22-27-14-11-15-32(39(27)54-7)28-17-29(19-31(18-28)46(5)6)40(50)45-35(42(52)53)16-26-12-9-8-10-13-26/h8-15,17-19,24-25,30,33-38,48-49H,16,20-23H2,1-7H3,(H,44,51)(H,45,50)(H,52,53)/t24-,25-,30+,33+,34-,35+,36-,37+,38-/m0/s1. The number of anilines is 1. The molecule has 0 aromatic heterocycles. The van der Waals surface area contributed by atoms with Gasteiger partial charge in [0.1, 0.15) is 23.9 Å². The number of carbonyl (C=O) groups is 3. The third kappa shape index (κ3) is 8.09. The van der Waals surface area contributed by atoms with Gasteiger partial charge in [-0.3, -0.25) is 14.4 Å². The minimum absolute atomic E-state index is 0.00583. The Morgan fingerprint density at radius 3 is 2.38 bits per heavy atom. The molecule has 5 N–H and O–H groups in total. The van der Waals surface area contributed by atoms with E-state index in [1.807, 2.05) is 73.6 Å². The van der Waals surface area contributed by atoms with Gasteiger partial charge in [-0.15, -0.1) is 0 Å². The molecule has 3 saturated carbocycles. The van der Waals surface area contributed by atoms with Crippen LogP contribution in [-0.2, 0) is 27.4 Å². The first-order chi connectivity index (χ1) is 26.1. The Balaban J connectivity index is 1.29. The zero-order valence-corrected chi connectivity index (χ0v) is 32.9. The summed E-state index contributed by atoms with van der Waals surface area (Å²) in [6.07, 6.45) is 0.475. The number of aliphatic hydroxyl groups excluding tert-OH is 2. The molecular weight excluding hydrogens is 700 g/mol. The van der Waals surface area contributed by atoms with E-state index in [9.17, 15) is 29.7 Å². The first kappa shape index (κ1) is 40.2. The summed E-state index contributed by atoms with van der Waals surface area (Å²) in [6, 6.07) is 18.1. The SMILES string of the molecule is COc1c(CN2O[C@@H](CO)[C@@H]([C@H](C)O)[C@H]2C(=O)N[C@H]2C[C@H]3C[C@H]([C@@H]2C)C3(C)C)cccc1-c1cc(C(=O)N[C@H](Cc2ccccc2)C(=O)O)cc(N(C)C)c1. The van der Waals surface area contributed by atoms with E-state index in [0.29, 0.717) is 45.9 Å². The predicted molar refractivity (Wildman–Crippen MR) is 209 cm³/mol. The van der Waals surface area contributed by atoms with Crippen LogP contribution in [0.1, 0.15) is 62.0 Å². The minimum Gasteiger partial charge on any atom is -0.496 e. The predicted octanol–water partition coefficient (Wildman–Crippen LogP) is 4.51. The second kappa shape index (κ2) is 16.3. The minimum atomic E-state index is -1.14. The fourth-order valence-electron chi connectivity index (χ4n) is 9.28. The van der Waals surface area contributed by atoms with Crippen LogP contribution in [0.5, 0.6) is 5.75 Å². The van der Waals surface area contributed by atoms with Gasteiger partial charge in [0.15, 0.2) is 0 Å². The molecule has 2 amide bonds. The van der Waals surface area contributed by atoms with Crippen LogP contribution in [0, 0.1) is 29.1 Å². The van der Waals surface area contributed by atoms with E-state index in [-0.39, 0.29) is 42.5 Å². The average Bonchev–Trinajstić information content (AvgIpc) is 3.53. The number of carboxylic acid groups (broad SMARTS) is 1. The van der Waals surface area contributed by atoms with Gasteiger partial charge in [-0.1, -0.05) is 69.3 Å². The number of nitrogens with zero attached hydrogens (tertiary/aromatic N) is 2. The van der Waals surface area contributed by atoms with E-state index in [1.165, 1.54) is 6.42 Å². The molecule has 4 fully saturated rings. The first-order valence-corrected chi connectivity index (χ1v) is 19.2. The van der Waals surface area contributed by atoms with E-state index >= 15 is 0 Å². The van der Waals surface area contributed by atoms with Crippen molar-refractivity contribution in [1.82, 2.24) is 15.7 Å². The molecule has 3 aliphatic carbocycles. The number of hydrogen-bond acceptors (Lipinski definition) is 9. The van der Waals surface area contributed by atoms with Gasteiger partial charge in [0, 0.05) is 54.9 Å². The number of aliphatic carboxylic acids is 1. The lowest BCUT2D eigenvalue weighted by Gasteiger charge is -2.62. The molecule has 3 aromatic carbocycles. The number of aliphatic hydroxyl groups is 2. The number of hydrogen-bond donors (Lipinski definition) is 5. The Hall–Kier alpha value is -4.49. The Bertz CT molecular complexity index is 1870. The van der Waals surface area contributed by atoms with Crippen molar-refractivity contribution >= 4 is 23.5 Å². The van der Waals surface area contributed by atoms with Gasteiger partial charge >= 0.3 is 5.97 Å². The smallest absolute Gasteiger partial charge is 0.326 e. The highest BCUT2D eigenvalue weighted by molar-refractivity contribution is 5.99. The van der Waals surface area contributed by atoms with Crippen LogP contribution in [0.15, 0.2) is 66.7 Å². The van der Waals surface area contributed by atoms with Gasteiger partial charge < -0.3 is 35.6 Å². The molecule has 296 valence electrons. The highest BCUT2D eigenvalue weighted by Gasteiger charge is 2.57. The third-order valence-electron chi connectivity index (χ3n) is 12.6. The van der Waals surface area contributed by atoms with E-state index in [4.69, 9.17) is 9.57 Å². The van der Waals surface area contributed by atoms with Crippen molar-refractivity contribution in [3.05, 3.63) is 83.4 Å². The summed E-state index contributed by atoms with van der Waals surface area (Å²) in [5.41, 5.74) is 4.05. The molecule has 1 heterocycles. The van der Waals surface area contributed by atoms with E-state index < -0.39 is 42.1 Å². The summed E-state index contributed by atoms with van der Waals surface area (Å²) in [5, 5.41) is 38.8. The first-order valence-electron chi connectivity index (χ1n) is 19.2. The Labute approximate surface area is 323 Å². The lowest BCUT2D eigenvalue weighted by atomic mass is 9.45. The molecule has 2 bridgehead atoms. The van der Waals surface area contributed by atoms with Crippen molar-refractivity contribution in [3.8, 4) is 16.9 Å². The van der Waals surface area contributed by atoms with Crippen molar-refractivity contribution in [3.63, 3.8) is 0 Å². The van der Waals surface area contributed by atoms with Crippen molar-refractivity contribution < 1.29 is 39.3 Å². The highest BCUT2D eigenvalue weighted by Crippen LogP contribution is 2.61. The molecule has 55 heavy (non-hydrogen) atoms. The van der Waals surface area contributed by atoms with Crippen molar-refractivity contribution in [2.45, 2.75) is 83.8 Å². The van der Waals surface area contributed by atoms with Gasteiger partial charge in [0.2, 0.25) is 5.91 Å². The van der Waals surface area contributed by atoms with Gasteiger partial charge in [0.05, 0.1) is 26.4 Å². The maximum absolute atomic E-state index is 14.2. The number of para-hydroxylation sites is 1. The maximum atomic E-state index is 14.2. The molecule has 7 rings (SSSR count). The number of ether oxygens (including phenoxy) is 1. The molecule has 0 radical (unpaired) electrons. The third-order valence-corrected chi connectivity index (χ3v) is 12.6. The van der Waals surface area contributed by atoms with Crippen molar-refractivity contribution in [2.24, 2.45) is 29.1 Å². The fourth-order valence-corrected chi connectivity index (χ4v) is 9.28. The lowest BCUT2D eigenvalue weighted by molar-refractivity contribution is -0.183. The Kier molecular flexibility index (Phi) is 11.9. The molecule has 3 aromatic rings. The second-order valence-corrected chi connectivity index (χ2v) is 16.4. The van der Waals surface area contributed by atoms with Crippen molar-refractivity contribution in [2.75, 3.05) is 32.7 Å². The maximum Gasteiger partial charge on any atom is 0.326 e. The lowest BCUT2D eigenvalue weighted by Crippen LogP contribution is -2.62. The van der Waals surface area contributed by atoms with Crippen LogP contribution in [0.3, 0.4) is 0 Å². The van der Waals surface area contributed by atoms with E-state index in [0.717, 1.165) is 12.0 Å². The second-order valence-electron chi connectivity index (χ2n) is 16.4. The van der Waals surface area contributed by atoms with Crippen LogP contribution in [0.4, 0.5) is 5.69 Å². The molecule has 4 aliphatic rings. The summed E-state index contributed by atoms with van der Waals surface area (Å²) in [4.78, 5) is 48.3. The van der Waals surface area contributed by atoms with Crippen molar-refractivity contribution in [1.29, 1.82) is 0 Å². The van der Waals surface area contributed by atoms with Crippen LogP contribution >= 0.6 is 0 Å². The summed E-state index contributed by atoms with van der Waals surface area (Å²) >= 11 is 0. The molecular formula is C43H56N4O8. The number of fused-ring (bicyclic) bond motifs is 2. The normalized spacial score (nSPS) is 26.7. The topological polar surface area (TPSA) is 161 Å². The number of nitrogens with one attached hydrogen (secondary N) is 2. The van der Waals surface area contributed by atoms with Crippen LogP contribution in [0.25, 0.3) is 11.1 Å². The van der Waals surface area contributed by atoms with Crippen LogP contribution < -0.4 is 20.3 Å². The Morgan fingerprint density at radius 1 is 1.05 bits per heavy atom. The van der Waals surface area contributed by atoms with Crippen LogP contribution in [0.2, 0.25) is 0 Å². The van der Waals surface area contributed by atoms with Gasteiger partial charge in [-0.05, 0) is 72.3 Å². The molecule has 0 unspecified atom stereocenters. The number of hydroxylamine groups is 2. The monoisotopic (exact) mass is 756 g/mol. The summed E-state index contributed by atoms with van der Waals surface area (Å²) < 4.78 is 6.03. The average molecular weight is 757 g/mol. The largest absolute Gasteiger partial charge is 0.496 e. The zero-order chi connectivity index (χ0) is 39.8. The van der Waals surface area contributed by atoms with Gasteiger partial charge in [-0.25, -0.2) is 4.79 Å². The molecule has 1 saturated heterocycles. The highest BCUT2D eigenvalue weighted by atomic mass is 16.7. The molecule has 12 nitrogen and oxygen atoms in total. The number of carbonyl (C=O) groups excluding carboxylic acids is 2.